The van der Waals surface area contributed by atoms with Gasteiger partial charge in [-0.2, -0.15) is 0 Å². The third kappa shape index (κ3) is 8.38. The fraction of sp³-hybridized carbons (Fsp3) is 0.387. The first kappa shape index (κ1) is 32.1. The van der Waals surface area contributed by atoms with Gasteiger partial charge in [-0.25, -0.2) is 5.48 Å². The van der Waals surface area contributed by atoms with Crippen LogP contribution in [0.25, 0.3) is 10.9 Å². The number of anilines is 1. The third-order valence-electron chi connectivity index (χ3n) is 7.20. The van der Waals surface area contributed by atoms with Crippen LogP contribution in [0.3, 0.4) is 0 Å². The minimum atomic E-state index is -2.67. The highest BCUT2D eigenvalue weighted by Crippen LogP contribution is 2.25. The summed E-state index contributed by atoms with van der Waals surface area (Å²) in [6, 6.07) is 15.7. The van der Waals surface area contributed by atoms with Gasteiger partial charge in [-0.15, -0.1) is 6.58 Å². The summed E-state index contributed by atoms with van der Waals surface area (Å²) in [5, 5.41) is 1.01. The van der Waals surface area contributed by atoms with Gasteiger partial charge >= 0.3 is 0 Å². The van der Waals surface area contributed by atoms with Gasteiger partial charge < -0.3 is 18.5 Å². The first-order chi connectivity index (χ1) is 20.7. The van der Waals surface area contributed by atoms with Crippen LogP contribution in [-0.2, 0) is 32.3 Å². The quantitative estimate of drug-likeness (QED) is 0.136. The van der Waals surface area contributed by atoms with Crippen molar-refractivity contribution < 1.29 is 27.9 Å². The molecule has 4 rings (SSSR count). The number of hydroxylamine groups is 1. The van der Waals surface area contributed by atoms with E-state index in [1.165, 1.54) is 6.08 Å². The van der Waals surface area contributed by atoms with Crippen molar-refractivity contribution in [3.8, 4) is 5.75 Å². The van der Waals surface area contributed by atoms with E-state index in [1.54, 1.807) is 29.2 Å². The van der Waals surface area contributed by atoms with Gasteiger partial charge in [-0.05, 0) is 43.3 Å². The lowest BCUT2D eigenvalue weighted by atomic mass is 10.1. The highest BCUT2D eigenvalue weighted by atomic mass is 32.2. The van der Waals surface area contributed by atoms with Gasteiger partial charge in [-0.1, -0.05) is 38.1 Å². The predicted molar refractivity (Wildman–Crippen MR) is 165 cm³/mol. The molecule has 1 aliphatic heterocycles. The normalized spacial score (nSPS) is 15.2. The van der Waals surface area contributed by atoms with E-state index in [0.717, 1.165) is 26.5 Å². The summed E-state index contributed by atoms with van der Waals surface area (Å²) in [6.07, 6.45) is 1.49. The molecule has 11 nitrogen and oxygen atoms in total. The van der Waals surface area contributed by atoms with Gasteiger partial charge in [0.2, 0.25) is 5.91 Å². The Morgan fingerprint density at radius 3 is 2.49 bits per heavy atom. The number of carbonyl (C=O) groups excluding carboxylic acids is 2. The highest BCUT2D eigenvalue weighted by molar-refractivity contribution is 7.80. The molecule has 12 heteroatoms. The number of piperazine rings is 1. The van der Waals surface area contributed by atoms with Crippen LogP contribution < -0.4 is 14.5 Å². The Morgan fingerprint density at radius 1 is 1.14 bits per heavy atom. The molecule has 1 saturated heterocycles. The van der Waals surface area contributed by atoms with Crippen LogP contribution in [0.15, 0.2) is 67.3 Å². The van der Waals surface area contributed by atoms with Crippen molar-refractivity contribution in [2.45, 2.75) is 33.4 Å². The predicted octanol–water partition coefficient (Wildman–Crippen LogP) is 3.13. The Hall–Kier alpha value is -3.84. The van der Waals surface area contributed by atoms with E-state index < -0.39 is 23.2 Å². The molecule has 1 aliphatic rings. The lowest BCUT2D eigenvalue weighted by Gasteiger charge is -2.41. The number of aromatic nitrogens is 1. The van der Waals surface area contributed by atoms with Crippen molar-refractivity contribution in [3.63, 3.8) is 0 Å². The minimum Gasteiger partial charge on any atom is -0.755 e. The van der Waals surface area contributed by atoms with Gasteiger partial charge in [-0.3, -0.25) is 28.5 Å². The maximum atomic E-state index is 13.2. The molecule has 230 valence electrons. The number of amides is 2. The summed E-state index contributed by atoms with van der Waals surface area (Å²) in [5.74, 6) is 0.000931. The number of nitrogens with one attached hydrogen (secondary N) is 1. The number of carbonyl (C=O) groups is 2. The summed E-state index contributed by atoms with van der Waals surface area (Å²) in [4.78, 5) is 39.0. The molecular formula is C31H38N5O6S-. The molecule has 3 aromatic rings. The molecule has 1 unspecified atom stereocenters. The zero-order valence-corrected chi connectivity index (χ0v) is 25.5. The summed E-state index contributed by atoms with van der Waals surface area (Å²) in [7, 11) is 0. The van der Waals surface area contributed by atoms with Gasteiger partial charge in [0, 0.05) is 65.7 Å². The Kier molecular flexibility index (Phi) is 11.2. The maximum Gasteiger partial charge on any atom is 0.262 e. The number of aryl methyl sites for hydroxylation is 1. The molecule has 2 aromatic carbocycles. The fourth-order valence-electron chi connectivity index (χ4n) is 5.02. The summed E-state index contributed by atoms with van der Waals surface area (Å²) in [5.41, 5.74) is 5.56. The number of hydrogen-bond donors (Lipinski definition) is 1. The zero-order valence-electron chi connectivity index (χ0n) is 24.7. The Labute approximate surface area is 254 Å². The maximum absolute atomic E-state index is 13.2. The average molecular weight is 609 g/mol. The summed E-state index contributed by atoms with van der Waals surface area (Å²) >= 11 is -2.67. The number of fused-ring (bicyclic) bond motifs is 1. The molecule has 0 saturated carbocycles. The monoisotopic (exact) mass is 608 g/mol. The second-order valence-corrected chi connectivity index (χ2v) is 11.5. The molecular weight excluding hydrogens is 570 g/mol. The van der Waals surface area contributed by atoms with Gasteiger partial charge in [0.25, 0.3) is 5.91 Å². The largest absolute Gasteiger partial charge is 0.755 e. The van der Waals surface area contributed by atoms with Crippen molar-refractivity contribution in [1.29, 1.82) is 0 Å². The van der Waals surface area contributed by atoms with Crippen LogP contribution in [-0.4, -0.2) is 80.7 Å². The van der Waals surface area contributed by atoms with Crippen LogP contribution in [0, 0.1) is 12.8 Å². The van der Waals surface area contributed by atoms with E-state index in [9.17, 15) is 18.4 Å². The Bertz CT molecular complexity index is 1440. The van der Waals surface area contributed by atoms with Gasteiger partial charge in [0.05, 0.1) is 18.7 Å². The highest BCUT2D eigenvalue weighted by Gasteiger charge is 2.33. The van der Waals surface area contributed by atoms with E-state index in [0.29, 0.717) is 44.2 Å². The SMILES string of the molecule is C=CCONC(=O)[C@H](CN(c1ccc(OCc2cc(C)nc3ccccc23)cc1)S(=O)[O-])N1CCN(C(=O)C(C)C)CC1. The smallest absolute Gasteiger partial charge is 0.262 e. The number of rotatable bonds is 13. The second-order valence-electron chi connectivity index (χ2n) is 10.6. The fourth-order valence-corrected chi connectivity index (χ4v) is 5.57. The van der Waals surface area contributed by atoms with Crippen molar-refractivity contribution in [2.75, 3.05) is 43.6 Å². The van der Waals surface area contributed by atoms with E-state index >= 15 is 0 Å². The molecule has 0 aliphatic carbocycles. The number of para-hydroxylation sites is 1. The number of ether oxygens (including phenoxy) is 1. The zero-order chi connectivity index (χ0) is 30.9. The molecule has 0 bridgehead atoms. The molecule has 2 atom stereocenters. The molecule has 1 fully saturated rings. The summed E-state index contributed by atoms with van der Waals surface area (Å²) in [6.45, 7) is 11.2. The van der Waals surface area contributed by atoms with Crippen LogP contribution in [0.2, 0.25) is 0 Å². The lowest BCUT2D eigenvalue weighted by Crippen LogP contribution is -2.59. The Balaban J connectivity index is 1.47. The van der Waals surface area contributed by atoms with Crippen molar-refractivity contribution >= 4 is 39.7 Å². The lowest BCUT2D eigenvalue weighted by molar-refractivity contribution is -0.141. The molecule has 1 aromatic heterocycles. The van der Waals surface area contributed by atoms with E-state index in [2.05, 4.69) is 17.0 Å². The minimum absolute atomic E-state index is 0.0480. The van der Waals surface area contributed by atoms with Crippen LogP contribution in [0.4, 0.5) is 5.69 Å². The van der Waals surface area contributed by atoms with Gasteiger partial charge in [0.1, 0.15) is 18.4 Å². The average Bonchev–Trinajstić information content (AvgIpc) is 3.00. The van der Waals surface area contributed by atoms with Gasteiger partial charge in [0.15, 0.2) is 0 Å². The van der Waals surface area contributed by atoms with E-state index in [1.807, 2.05) is 56.0 Å². The third-order valence-corrected chi connectivity index (χ3v) is 7.92. The number of pyridine rings is 1. The standard InChI is InChI=1S/C31H39N5O6S/c1-5-18-42-33-30(37)29(34-14-16-35(17-15-34)31(38)22(2)3)20-36(43(39)40)25-10-12-26(13-11-25)41-21-24-19-23(4)32-28-9-7-6-8-27(24)28/h5-13,19,22,29H,1,14-18,20-21H2,2-4H3,(H,33,37)(H,39,40)/p-1/t29-/m0/s1. The second kappa shape index (κ2) is 15.1. The van der Waals surface area contributed by atoms with Crippen LogP contribution in [0.5, 0.6) is 5.75 Å². The molecule has 43 heavy (non-hydrogen) atoms. The summed E-state index contributed by atoms with van der Waals surface area (Å²) < 4.78 is 32.0. The van der Waals surface area contributed by atoms with E-state index in [4.69, 9.17) is 9.57 Å². The number of benzene rings is 2. The topological polar surface area (TPSA) is 127 Å². The molecule has 2 amide bonds. The molecule has 0 radical (unpaired) electrons. The van der Waals surface area contributed by atoms with Crippen molar-refractivity contribution in [1.82, 2.24) is 20.3 Å². The molecule has 0 spiro atoms. The number of nitrogens with zero attached hydrogens (tertiary/aromatic N) is 4. The number of hydrogen-bond acceptors (Lipinski definition) is 8. The Morgan fingerprint density at radius 2 is 1.84 bits per heavy atom. The first-order valence-corrected chi connectivity index (χ1v) is 15.2. The first-order valence-electron chi connectivity index (χ1n) is 14.2. The van der Waals surface area contributed by atoms with Crippen LogP contribution >= 0.6 is 0 Å². The van der Waals surface area contributed by atoms with Crippen LogP contribution in [0.1, 0.15) is 25.1 Å². The molecule has 1 N–H and O–H groups in total. The van der Waals surface area contributed by atoms with Crippen molar-refractivity contribution in [3.05, 3.63) is 78.5 Å². The van der Waals surface area contributed by atoms with E-state index in [-0.39, 0.29) is 25.0 Å². The van der Waals surface area contributed by atoms with Crippen molar-refractivity contribution in [2.24, 2.45) is 5.92 Å². The molecule has 2 heterocycles.